The first kappa shape index (κ1) is 20.6. The zero-order chi connectivity index (χ0) is 20.1. The third-order valence-corrected chi connectivity index (χ3v) is 6.78. The molecule has 0 aromatic heterocycles. The van der Waals surface area contributed by atoms with Gasteiger partial charge in [-0.05, 0) is 37.9 Å². The highest BCUT2D eigenvalue weighted by Crippen LogP contribution is 2.24. The molecule has 0 aliphatic carbocycles. The average Bonchev–Trinajstić information content (AvgIpc) is 3.43. The van der Waals surface area contributed by atoms with Crippen molar-refractivity contribution in [1.29, 1.82) is 0 Å². The number of ether oxygens (including phenoxy) is 1. The van der Waals surface area contributed by atoms with Crippen LogP contribution in [0.25, 0.3) is 0 Å². The summed E-state index contributed by atoms with van der Waals surface area (Å²) >= 11 is 0. The molecule has 1 aromatic rings. The third kappa shape index (κ3) is 4.93. The van der Waals surface area contributed by atoms with Gasteiger partial charge in [0.05, 0.1) is 18.8 Å². The first-order valence-corrected chi connectivity index (χ1v) is 11.4. The highest BCUT2D eigenvalue weighted by atomic mass is 16.5. The number of nitrogens with zero attached hydrogens (tertiary/aromatic N) is 4. The van der Waals surface area contributed by atoms with E-state index in [-0.39, 0.29) is 6.10 Å². The Morgan fingerprint density at radius 3 is 2.69 bits per heavy atom. The van der Waals surface area contributed by atoms with Gasteiger partial charge < -0.3 is 15.0 Å². The molecule has 3 heterocycles. The van der Waals surface area contributed by atoms with Gasteiger partial charge in [0.25, 0.3) is 0 Å². The Labute approximate surface area is 175 Å². The molecule has 3 saturated heterocycles. The molecule has 0 bridgehead atoms. The SMILES string of the molecule is CCC(CNC(=NC)N1CC2OCCN(Cc3ccccc3)C2C1)N1CCCC1. The Hall–Kier alpha value is -1.63. The largest absolute Gasteiger partial charge is 0.373 e. The summed E-state index contributed by atoms with van der Waals surface area (Å²) in [5.74, 6) is 1.03. The van der Waals surface area contributed by atoms with Crippen LogP contribution in [0.1, 0.15) is 31.7 Å². The van der Waals surface area contributed by atoms with Crippen LogP contribution in [0.5, 0.6) is 0 Å². The van der Waals surface area contributed by atoms with Gasteiger partial charge in [-0.1, -0.05) is 37.3 Å². The maximum Gasteiger partial charge on any atom is 0.193 e. The van der Waals surface area contributed by atoms with E-state index in [0.29, 0.717) is 12.1 Å². The Morgan fingerprint density at radius 2 is 1.97 bits per heavy atom. The molecule has 0 amide bonds. The third-order valence-electron chi connectivity index (χ3n) is 6.78. The highest BCUT2D eigenvalue weighted by Gasteiger charge is 2.41. The summed E-state index contributed by atoms with van der Waals surface area (Å²) in [6.07, 6.45) is 4.14. The monoisotopic (exact) mass is 399 g/mol. The standard InChI is InChI=1S/C23H37N5O/c1-3-20(26-11-7-8-12-26)15-25-23(24-2)28-17-21-22(18-28)29-14-13-27(21)16-19-9-5-4-6-10-19/h4-6,9-10,20-22H,3,7-8,11-18H2,1-2H3,(H,24,25). The van der Waals surface area contributed by atoms with E-state index in [9.17, 15) is 0 Å². The molecule has 3 aliphatic rings. The molecule has 4 rings (SSSR count). The van der Waals surface area contributed by atoms with Crippen molar-refractivity contribution in [1.82, 2.24) is 20.0 Å². The number of hydrogen-bond donors (Lipinski definition) is 1. The minimum Gasteiger partial charge on any atom is -0.373 e. The first-order chi connectivity index (χ1) is 14.3. The summed E-state index contributed by atoms with van der Waals surface area (Å²) in [4.78, 5) is 12.2. The highest BCUT2D eigenvalue weighted by molar-refractivity contribution is 5.80. The van der Waals surface area contributed by atoms with Gasteiger partial charge in [-0.15, -0.1) is 0 Å². The van der Waals surface area contributed by atoms with Crippen molar-refractivity contribution in [3.63, 3.8) is 0 Å². The first-order valence-electron chi connectivity index (χ1n) is 11.4. The average molecular weight is 400 g/mol. The molecule has 0 radical (unpaired) electrons. The van der Waals surface area contributed by atoms with Crippen molar-refractivity contribution in [3.05, 3.63) is 35.9 Å². The van der Waals surface area contributed by atoms with Gasteiger partial charge in [0.2, 0.25) is 0 Å². The zero-order valence-corrected chi connectivity index (χ0v) is 18.1. The predicted molar refractivity (Wildman–Crippen MR) is 118 cm³/mol. The van der Waals surface area contributed by atoms with E-state index in [0.717, 1.165) is 45.3 Å². The molecule has 3 unspecified atom stereocenters. The predicted octanol–water partition coefficient (Wildman–Crippen LogP) is 2.02. The minimum absolute atomic E-state index is 0.270. The van der Waals surface area contributed by atoms with Crippen molar-refractivity contribution in [2.75, 3.05) is 52.9 Å². The summed E-state index contributed by atoms with van der Waals surface area (Å²) < 4.78 is 6.15. The second-order valence-electron chi connectivity index (χ2n) is 8.57. The maximum atomic E-state index is 6.15. The molecule has 6 nitrogen and oxygen atoms in total. The Morgan fingerprint density at radius 1 is 1.17 bits per heavy atom. The van der Waals surface area contributed by atoms with Gasteiger partial charge in [0.1, 0.15) is 0 Å². The van der Waals surface area contributed by atoms with Crippen molar-refractivity contribution >= 4 is 5.96 Å². The molecule has 29 heavy (non-hydrogen) atoms. The second-order valence-corrected chi connectivity index (χ2v) is 8.57. The van der Waals surface area contributed by atoms with Crippen LogP contribution in [-0.4, -0.2) is 91.8 Å². The lowest BCUT2D eigenvalue weighted by Crippen LogP contribution is -2.50. The molecule has 3 fully saturated rings. The van der Waals surface area contributed by atoms with Crippen LogP contribution in [0.15, 0.2) is 35.3 Å². The van der Waals surface area contributed by atoms with E-state index in [1.54, 1.807) is 0 Å². The molecular weight excluding hydrogens is 362 g/mol. The van der Waals surface area contributed by atoms with E-state index in [4.69, 9.17) is 4.74 Å². The lowest BCUT2D eigenvalue weighted by molar-refractivity contribution is -0.0502. The normalized spacial score (nSPS) is 27.2. The van der Waals surface area contributed by atoms with Crippen molar-refractivity contribution < 1.29 is 4.74 Å². The Bertz CT molecular complexity index is 660. The quantitative estimate of drug-likeness (QED) is 0.586. The molecular formula is C23H37N5O. The van der Waals surface area contributed by atoms with Crippen molar-refractivity contribution in [3.8, 4) is 0 Å². The number of likely N-dealkylation sites (tertiary alicyclic amines) is 2. The Kier molecular flexibility index (Phi) is 7.06. The zero-order valence-electron chi connectivity index (χ0n) is 18.1. The fraction of sp³-hybridized carbons (Fsp3) is 0.696. The molecule has 160 valence electrons. The second kappa shape index (κ2) is 9.92. The number of aliphatic imine (C=N–C) groups is 1. The van der Waals surface area contributed by atoms with Crippen molar-refractivity contribution in [2.45, 2.75) is 50.9 Å². The van der Waals surface area contributed by atoms with E-state index >= 15 is 0 Å². The van der Waals surface area contributed by atoms with Gasteiger partial charge in [-0.2, -0.15) is 0 Å². The van der Waals surface area contributed by atoms with E-state index < -0.39 is 0 Å². The van der Waals surface area contributed by atoms with Gasteiger partial charge in [-0.25, -0.2) is 0 Å². The summed E-state index contributed by atoms with van der Waals surface area (Å²) in [5.41, 5.74) is 1.38. The van der Waals surface area contributed by atoms with Crippen LogP contribution in [0, 0.1) is 0 Å². The van der Waals surface area contributed by atoms with Crippen LogP contribution in [0.4, 0.5) is 0 Å². The molecule has 0 saturated carbocycles. The van der Waals surface area contributed by atoms with Gasteiger partial charge in [-0.3, -0.25) is 14.8 Å². The lowest BCUT2D eigenvalue weighted by atomic mass is 10.1. The number of guanidine groups is 1. The summed E-state index contributed by atoms with van der Waals surface area (Å²) in [7, 11) is 1.91. The number of nitrogens with one attached hydrogen (secondary N) is 1. The van der Waals surface area contributed by atoms with Crippen LogP contribution in [0.2, 0.25) is 0 Å². The number of fused-ring (bicyclic) bond motifs is 1. The Balaban J connectivity index is 1.35. The number of rotatable bonds is 6. The summed E-state index contributed by atoms with van der Waals surface area (Å²) in [6.45, 7) is 10.5. The topological polar surface area (TPSA) is 43.3 Å². The number of hydrogen-bond acceptors (Lipinski definition) is 4. The molecule has 3 atom stereocenters. The van der Waals surface area contributed by atoms with Gasteiger partial charge in [0, 0.05) is 45.8 Å². The van der Waals surface area contributed by atoms with Crippen molar-refractivity contribution in [2.24, 2.45) is 4.99 Å². The molecule has 1 N–H and O–H groups in total. The maximum absolute atomic E-state index is 6.15. The number of benzene rings is 1. The van der Waals surface area contributed by atoms with E-state index in [1.165, 1.54) is 37.9 Å². The fourth-order valence-corrected chi connectivity index (χ4v) is 5.13. The fourth-order valence-electron chi connectivity index (χ4n) is 5.13. The molecule has 6 heteroatoms. The summed E-state index contributed by atoms with van der Waals surface area (Å²) in [6, 6.07) is 11.8. The molecule has 1 aromatic carbocycles. The van der Waals surface area contributed by atoms with E-state index in [2.05, 4.69) is 62.3 Å². The van der Waals surface area contributed by atoms with E-state index in [1.807, 2.05) is 7.05 Å². The minimum atomic E-state index is 0.270. The van der Waals surface area contributed by atoms with Crippen LogP contribution < -0.4 is 5.32 Å². The smallest absolute Gasteiger partial charge is 0.193 e. The van der Waals surface area contributed by atoms with Crippen LogP contribution >= 0.6 is 0 Å². The van der Waals surface area contributed by atoms with Crippen LogP contribution in [0.3, 0.4) is 0 Å². The van der Waals surface area contributed by atoms with Crippen LogP contribution in [-0.2, 0) is 11.3 Å². The molecule has 3 aliphatic heterocycles. The lowest BCUT2D eigenvalue weighted by Gasteiger charge is -2.36. The summed E-state index contributed by atoms with van der Waals surface area (Å²) in [5, 5.41) is 3.67. The molecule has 0 spiro atoms. The number of morpholine rings is 1. The van der Waals surface area contributed by atoms with Gasteiger partial charge in [0.15, 0.2) is 5.96 Å². The van der Waals surface area contributed by atoms with Gasteiger partial charge >= 0.3 is 0 Å².